The number of hydrogen-bond acceptors (Lipinski definition) is 4. The van der Waals surface area contributed by atoms with Crippen molar-refractivity contribution in [2.45, 2.75) is 57.3 Å². The van der Waals surface area contributed by atoms with Gasteiger partial charge in [-0.2, -0.15) is 13.2 Å². The van der Waals surface area contributed by atoms with E-state index in [0.29, 0.717) is 18.6 Å². The maximum atomic E-state index is 12.2. The quantitative estimate of drug-likeness (QED) is 0.376. The van der Waals surface area contributed by atoms with E-state index < -0.39 is 12.8 Å². The minimum absolute atomic E-state index is 0.0561. The molecule has 1 aliphatic rings. The van der Waals surface area contributed by atoms with E-state index in [1.54, 1.807) is 13.1 Å². The summed E-state index contributed by atoms with van der Waals surface area (Å²) in [6.07, 6.45) is 4.48. The highest BCUT2D eigenvalue weighted by Gasteiger charge is 2.28. The second-order valence-electron chi connectivity index (χ2n) is 6.74. The van der Waals surface area contributed by atoms with Crippen LogP contribution in [0.25, 0.3) is 0 Å². The van der Waals surface area contributed by atoms with Gasteiger partial charge < -0.3 is 20.1 Å². The number of alkyl halides is 3. The van der Waals surface area contributed by atoms with Crippen molar-refractivity contribution < 1.29 is 22.6 Å². The first-order valence-electron chi connectivity index (χ1n) is 9.67. The van der Waals surface area contributed by atoms with Crippen LogP contribution in [0.3, 0.4) is 0 Å². The highest BCUT2D eigenvalue weighted by Crippen LogP contribution is 2.20. The van der Waals surface area contributed by atoms with Crippen LogP contribution in [0.1, 0.15) is 44.1 Å². The molecule has 1 heterocycles. The summed E-state index contributed by atoms with van der Waals surface area (Å²) in [5, 5.41) is 6.32. The van der Waals surface area contributed by atoms with Gasteiger partial charge >= 0.3 is 6.18 Å². The fraction of sp³-hybridized carbons (Fsp3) is 0.684. The summed E-state index contributed by atoms with van der Waals surface area (Å²) in [7, 11) is 1.66. The Kier molecular flexibility index (Phi) is 9.33. The third-order valence-electron chi connectivity index (χ3n) is 4.39. The molecule has 2 rings (SSSR count). The zero-order valence-electron chi connectivity index (χ0n) is 16.2. The molecule has 0 spiro atoms. The van der Waals surface area contributed by atoms with Crippen molar-refractivity contribution in [3.8, 4) is 5.88 Å². The summed E-state index contributed by atoms with van der Waals surface area (Å²) >= 11 is 0. The fourth-order valence-electron chi connectivity index (χ4n) is 2.96. The Balaban J connectivity index is 1.64. The average molecular weight is 402 g/mol. The SMILES string of the molecule is CN=C(NCCCOC1CCCCC1)NCc1ccnc(OCC(F)(F)F)c1. The van der Waals surface area contributed by atoms with E-state index in [2.05, 4.69) is 25.3 Å². The van der Waals surface area contributed by atoms with Gasteiger partial charge in [-0.1, -0.05) is 19.3 Å². The molecular weight excluding hydrogens is 373 g/mol. The first-order valence-corrected chi connectivity index (χ1v) is 9.67. The Labute approximate surface area is 163 Å². The van der Waals surface area contributed by atoms with Crippen molar-refractivity contribution in [2.75, 3.05) is 26.8 Å². The predicted octanol–water partition coefficient (Wildman–Crippen LogP) is 3.43. The summed E-state index contributed by atoms with van der Waals surface area (Å²) < 4.78 is 47.2. The molecule has 0 radical (unpaired) electrons. The lowest BCUT2D eigenvalue weighted by molar-refractivity contribution is -0.154. The molecule has 0 saturated heterocycles. The van der Waals surface area contributed by atoms with Crippen molar-refractivity contribution in [1.82, 2.24) is 15.6 Å². The van der Waals surface area contributed by atoms with Gasteiger partial charge in [0.1, 0.15) is 0 Å². The lowest BCUT2D eigenvalue weighted by atomic mass is 9.98. The molecule has 0 amide bonds. The van der Waals surface area contributed by atoms with Crippen molar-refractivity contribution in [3.63, 3.8) is 0 Å². The maximum Gasteiger partial charge on any atom is 0.422 e. The summed E-state index contributed by atoms with van der Waals surface area (Å²) in [6, 6.07) is 3.18. The monoisotopic (exact) mass is 402 g/mol. The lowest BCUT2D eigenvalue weighted by Gasteiger charge is -2.22. The second-order valence-corrected chi connectivity index (χ2v) is 6.74. The summed E-state index contributed by atoms with van der Waals surface area (Å²) in [5.41, 5.74) is 0.746. The van der Waals surface area contributed by atoms with E-state index in [1.807, 2.05) is 0 Å². The van der Waals surface area contributed by atoms with Crippen LogP contribution in [0.4, 0.5) is 13.2 Å². The van der Waals surface area contributed by atoms with Crippen LogP contribution in [0.5, 0.6) is 5.88 Å². The van der Waals surface area contributed by atoms with Crippen LogP contribution >= 0.6 is 0 Å². The van der Waals surface area contributed by atoms with Crippen molar-refractivity contribution in [2.24, 2.45) is 4.99 Å². The van der Waals surface area contributed by atoms with Crippen molar-refractivity contribution >= 4 is 5.96 Å². The number of pyridine rings is 1. The van der Waals surface area contributed by atoms with Gasteiger partial charge in [-0.3, -0.25) is 4.99 Å². The summed E-state index contributed by atoms with van der Waals surface area (Å²) in [6.45, 7) is 0.480. The molecule has 158 valence electrons. The molecule has 0 bridgehead atoms. The number of hydrogen-bond donors (Lipinski definition) is 2. The second kappa shape index (κ2) is 11.7. The molecule has 1 saturated carbocycles. The Hall–Kier alpha value is -2.03. The average Bonchev–Trinajstić information content (AvgIpc) is 2.69. The Morgan fingerprint density at radius 2 is 2.04 bits per heavy atom. The number of ether oxygens (including phenoxy) is 2. The number of nitrogens with zero attached hydrogens (tertiary/aromatic N) is 2. The molecule has 1 aromatic heterocycles. The molecule has 9 heteroatoms. The van der Waals surface area contributed by atoms with Gasteiger partial charge in [0.05, 0.1) is 6.10 Å². The standard InChI is InChI=1S/C19H29F3N4O2/c1-23-18(25-9-5-11-27-16-6-3-2-4-7-16)26-13-15-8-10-24-17(12-15)28-14-19(20,21)22/h8,10,12,16H,2-7,9,11,13-14H2,1H3,(H2,23,25,26). The zero-order valence-corrected chi connectivity index (χ0v) is 16.2. The number of guanidine groups is 1. The number of halogens is 3. The van der Waals surface area contributed by atoms with E-state index in [9.17, 15) is 13.2 Å². The number of aliphatic imine (C=N–C) groups is 1. The molecule has 0 unspecified atom stereocenters. The molecule has 6 nitrogen and oxygen atoms in total. The van der Waals surface area contributed by atoms with Gasteiger partial charge in [-0.15, -0.1) is 0 Å². The van der Waals surface area contributed by atoms with Crippen LogP contribution in [0, 0.1) is 0 Å². The fourth-order valence-corrected chi connectivity index (χ4v) is 2.96. The van der Waals surface area contributed by atoms with E-state index in [0.717, 1.165) is 38.0 Å². The largest absolute Gasteiger partial charge is 0.468 e. The van der Waals surface area contributed by atoms with Crippen molar-refractivity contribution in [1.29, 1.82) is 0 Å². The Morgan fingerprint density at radius 3 is 2.75 bits per heavy atom. The highest BCUT2D eigenvalue weighted by molar-refractivity contribution is 5.79. The number of nitrogens with one attached hydrogen (secondary N) is 2. The highest BCUT2D eigenvalue weighted by atomic mass is 19.4. The van der Waals surface area contributed by atoms with Crippen LogP contribution in [-0.2, 0) is 11.3 Å². The zero-order chi connectivity index (χ0) is 20.2. The maximum absolute atomic E-state index is 12.2. The van der Waals surface area contributed by atoms with E-state index in [1.165, 1.54) is 31.5 Å². The smallest absolute Gasteiger partial charge is 0.422 e. The first-order chi connectivity index (χ1) is 13.5. The molecular formula is C19H29F3N4O2. The molecule has 0 aromatic carbocycles. The van der Waals surface area contributed by atoms with E-state index in [4.69, 9.17) is 4.74 Å². The third-order valence-corrected chi connectivity index (χ3v) is 4.39. The van der Waals surface area contributed by atoms with Crippen LogP contribution < -0.4 is 15.4 Å². The Morgan fingerprint density at radius 1 is 1.25 bits per heavy atom. The molecule has 0 atom stereocenters. The van der Waals surface area contributed by atoms with Gasteiger partial charge in [0.2, 0.25) is 5.88 Å². The minimum Gasteiger partial charge on any atom is -0.468 e. The number of rotatable bonds is 9. The molecule has 1 fully saturated rings. The Bertz CT molecular complexity index is 605. The van der Waals surface area contributed by atoms with Gasteiger partial charge in [-0.05, 0) is 30.9 Å². The van der Waals surface area contributed by atoms with E-state index >= 15 is 0 Å². The third kappa shape index (κ3) is 9.25. The van der Waals surface area contributed by atoms with Gasteiger partial charge in [-0.25, -0.2) is 4.98 Å². The topological polar surface area (TPSA) is 67.8 Å². The summed E-state index contributed by atoms with van der Waals surface area (Å²) in [4.78, 5) is 7.93. The lowest BCUT2D eigenvalue weighted by Crippen LogP contribution is -2.37. The van der Waals surface area contributed by atoms with Crippen LogP contribution in [0.15, 0.2) is 23.3 Å². The van der Waals surface area contributed by atoms with Crippen molar-refractivity contribution in [3.05, 3.63) is 23.9 Å². The minimum atomic E-state index is -4.39. The van der Waals surface area contributed by atoms with Crippen LogP contribution in [-0.4, -0.2) is 50.0 Å². The predicted molar refractivity (Wildman–Crippen MR) is 101 cm³/mol. The first kappa shape index (κ1) is 22.3. The van der Waals surface area contributed by atoms with Gasteiger partial charge in [0.15, 0.2) is 12.6 Å². The summed E-state index contributed by atoms with van der Waals surface area (Å²) in [5.74, 6) is 0.562. The normalized spacial score (nSPS) is 16.1. The number of aromatic nitrogens is 1. The molecule has 1 aliphatic carbocycles. The van der Waals surface area contributed by atoms with Gasteiger partial charge in [0.25, 0.3) is 0 Å². The van der Waals surface area contributed by atoms with E-state index in [-0.39, 0.29) is 5.88 Å². The molecule has 2 N–H and O–H groups in total. The molecule has 0 aliphatic heterocycles. The molecule has 1 aromatic rings. The molecule has 28 heavy (non-hydrogen) atoms. The van der Waals surface area contributed by atoms with Crippen LogP contribution in [0.2, 0.25) is 0 Å². The van der Waals surface area contributed by atoms with Gasteiger partial charge in [0, 0.05) is 39.0 Å².